The first-order valence-electron chi connectivity index (χ1n) is 12.6. The summed E-state index contributed by atoms with van der Waals surface area (Å²) in [5.74, 6) is -0.0137. The topological polar surface area (TPSA) is 88.9 Å². The SMILES string of the molecule is CCCCOc1cn([C@@H](Cc2cc(OCCCOC)c(Cl)nc2I)C(C)(C)C)cc(C(=O)OCC)c1=O. The molecule has 0 aliphatic carbocycles. The minimum Gasteiger partial charge on any atom is -0.490 e. The van der Waals surface area contributed by atoms with Crippen molar-refractivity contribution >= 4 is 40.2 Å². The molecule has 0 amide bonds. The first-order chi connectivity index (χ1) is 17.5. The molecule has 1 atom stereocenters. The van der Waals surface area contributed by atoms with Gasteiger partial charge in [-0.3, -0.25) is 4.79 Å². The van der Waals surface area contributed by atoms with Crippen LogP contribution in [0, 0.1) is 9.12 Å². The molecular weight excluding hydrogens is 611 g/mol. The average molecular weight is 649 g/mol. The number of rotatable bonds is 14. The number of unbranched alkanes of at least 4 members (excludes halogenated alkanes) is 1. The summed E-state index contributed by atoms with van der Waals surface area (Å²) >= 11 is 8.53. The van der Waals surface area contributed by atoms with Crippen molar-refractivity contribution in [1.29, 1.82) is 0 Å². The van der Waals surface area contributed by atoms with E-state index in [-0.39, 0.29) is 29.4 Å². The summed E-state index contributed by atoms with van der Waals surface area (Å²) in [6, 6.07) is 1.75. The summed E-state index contributed by atoms with van der Waals surface area (Å²) in [6.07, 6.45) is 6.27. The molecule has 0 radical (unpaired) electrons. The molecule has 0 saturated heterocycles. The number of aromatic nitrogens is 2. The Morgan fingerprint density at radius 3 is 2.41 bits per heavy atom. The number of esters is 1. The summed E-state index contributed by atoms with van der Waals surface area (Å²) < 4.78 is 24.6. The molecule has 2 aromatic heterocycles. The van der Waals surface area contributed by atoms with E-state index in [2.05, 4.69) is 48.3 Å². The number of nitrogens with zero attached hydrogens (tertiary/aromatic N) is 2. The number of halogens is 2. The molecular formula is C27H38ClIN2O6. The number of hydrogen-bond acceptors (Lipinski definition) is 7. The third-order valence-electron chi connectivity index (χ3n) is 5.76. The highest BCUT2D eigenvalue weighted by Crippen LogP contribution is 2.37. The van der Waals surface area contributed by atoms with Gasteiger partial charge in [-0.25, -0.2) is 9.78 Å². The fourth-order valence-electron chi connectivity index (χ4n) is 3.72. The van der Waals surface area contributed by atoms with Crippen molar-refractivity contribution in [2.75, 3.05) is 33.5 Å². The molecule has 0 aliphatic heterocycles. The van der Waals surface area contributed by atoms with E-state index in [0.29, 0.717) is 37.1 Å². The van der Waals surface area contributed by atoms with Gasteiger partial charge in [0.2, 0.25) is 5.43 Å². The van der Waals surface area contributed by atoms with Gasteiger partial charge in [0.25, 0.3) is 0 Å². The molecule has 8 nitrogen and oxygen atoms in total. The van der Waals surface area contributed by atoms with Crippen molar-refractivity contribution in [3.8, 4) is 11.5 Å². The van der Waals surface area contributed by atoms with Crippen LogP contribution in [-0.2, 0) is 15.9 Å². The van der Waals surface area contributed by atoms with Gasteiger partial charge in [0, 0.05) is 32.4 Å². The van der Waals surface area contributed by atoms with Gasteiger partial charge in [-0.2, -0.15) is 0 Å². The lowest BCUT2D eigenvalue weighted by atomic mass is 9.83. The zero-order valence-corrected chi connectivity index (χ0v) is 25.5. The van der Waals surface area contributed by atoms with E-state index in [4.69, 9.17) is 30.5 Å². The summed E-state index contributed by atoms with van der Waals surface area (Å²) in [5, 5.41) is 0.303. The lowest BCUT2D eigenvalue weighted by Gasteiger charge is -2.34. The van der Waals surface area contributed by atoms with Gasteiger partial charge < -0.3 is 23.5 Å². The van der Waals surface area contributed by atoms with Crippen LogP contribution in [0.2, 0.25) is 5.15 Å². The van der Waals surface area contributed by atoms with Crippen molar-refractivity contribution in [1.82, 2.24) is 9.55 Å². The van der Waals surface area contributed by atoms with Crippen LogP contribution in [-0.4, -0.2) is 49.1 Å². The molecule has 0 aliphatic rings. The maximum atomic E-state index is 13.1. The zero-order chi connectivity index (χ0) is 27.6. The molecule has 0 unspecified atom stereocenters. The number of methoxy groups -OCH3 is 1. The lowest BCUT2D eigenvalue weighted by molar-refractivity contribution is 0.0522. The van der Waals surface area contributed by atoms with Crippen LogP contribution in [0.15, 0.2) is 23.3 Å². The number of ether oxygens (including phenoxy) is 4. The van der Waals surface area contributed by atoms with E-state index < -0.39 is 11.4 Å². The van der Waals surface area contributed by atoms with E-state index in [0.717, 1.165) is 28.5 Å². The van der Waals surface area contributed by atoms with Crippen LogP contribution in [0.3, 0.4) is 0 Å². The van der Waals surface area contributed by atoms with Crippen molar-refractivity contribution in [2.45, 2.75) is 66.3 Å². The highest BCUT2D eigenvalue weighted by atomic mass is 127. The smallest absolute Gasteiger partial charge is 0.343 e. The highest BCUT2D eigenvalue weighted by molar-refractivity contribution is 14.1. The second-order valence-electron chi connectivity index (χ2n) is 9.74. The number of carbonyl (C=O) groups excluding carboxylic acids is 1. The fraction of sp³-hybridized carbons (Fsp3) is 0.593. The zero-order valence-electron chi connectivity index (χ0n) is 22.6. The molecule has 0 fully saturated rings. The molecule has 0 saturated carbocycles. The van der Waals surface area contributed by atoms with Crippen LogP contribution in [0.1, 0.15) is 75.8 Å². The Kier molecular flexibility index (Phi) is 12.7. The molecule has 0 aromatic carbocycles. The minimum absolute atomic E-state index is 0.0452. The van der Waals surface area contributed by atoms with Crippen LogP contribution in [0.4, 0.5) is 0 Å². The minimum atomic E-state index is -0.663. The molecule has 2 heterocycles. The maximum Gasteiger partial charge on any atom is 0.343 e. The van der Waals surface area contributed by atoms with Crippen molar-refractivity contribution in [2.24, 2.45) is 5.41 Å². The second-order valence-corrected chi connectivity index (χ2v) is 11.1. The van der Waals surface area contributed by atoms with Gasteiger partial charge in [0.05, 0.1) is 26.0 Å². The molecule has 2 rings (SSSR count). The number of hydrogen-bond donors (Lipinski definition) is 0. The molecule has 0 bridgehead atoms. The van der Waals surface area contributed by atoms with Gasteiger partial charge in [0.15, 0.2) is 16.7 Å². The van der Waals surface area contributed by atoms with Gasteiger partial charge in [-0.1, -0.05) is 45.7 Å². The average Bonchev–Trinajstić information content (AvgIpc) is 2.83. The Morgan fingerprint density at radius 1 is 1.11 bits per heavy atom. The van der Waals surface area contributed by atoms with Gasteiger partial charge in [0.1, 0.15) is 9.26 Å². The Labute approximate surface area is 238 Å². The van der Waals surface area contributed by atoms with E-state index in [1.54, 1.807) is 26.4 Å². The number of pyridine rings is 2. The van der Waals surface area contributed by atoms with Crippen LogP contribution in [0.25, 0.3) is 0 Å². The Morgan fingerprint density at radius 2 is 1.78 bits per heavy atom. The molecule has 10 heteroatoms. The van der Waals surface area contributed by atoms with Crippen LogP contribution < -0.4 is 14.9 Å². The highest BCUT2D eigenvalue weighted by Gasteiger charge is 2.30. The van der Waals surface area contributed by atoms with Gasteiger partial charge in [-0.05, 0) is 59.4 Å². The van der Waals surface area contributed by atoms with Gasteiger partial charge >= 0.3 is 5.97 Å². The molecule has 37 heavy (non-hydrogen) atoms. The maximum absolute atomic E-state index is 13.1. The van der Waals surface area contributed by atoms with E-state index in [1.165, 1.54) is 0 Å². The number of carbonyl (C=O) groups is 1. The summed E-state index contributed by atoms with van der Waals surface area (Å²) in [7, 11) is 1.65. The predicted octanol–water partition coefficient (Wildman–Crippen LogP) is 6.10. The first-order valence-corrected chi connectivity index (χ1v) is 14.0. The largest absolute Gasteiger partial charge is 0.490 e. The fourth-order valence-corrected chi connectivity index (χ4v) is 4.68. The van der Waals surface area contributed by atoms with Crippen LogP contribution in [0.5, 0.6) is 11.5 Å². The summed E-state index contributed by atoms with van der Waals surface area (Å²) in [5.41, 5.74) is 0.171. The summed E-state index contributed by atoms with van der Waals surface area (Å²) in [6.45, 7) is 11.7. The summed E-state index contributed by atoms with van der Waals surface area (Å²) in [4.78, 5) is 30.2. The molecule has 0 N–H and O–H groups in total. The van der Waals surface area contributed by atoms with E-state index in [9.17, 15) is 9.59 Å². The van der Waals surface area contributed by atoms with E-state index >= 15 is 0 Å². The molecule has 2 aromatic rings. The Bertz CT molecular complexity index is 1100. The van der Waals surface area contributed by atoms with Crippen LogP contribution >= 0.6 is 34.2 Å². The predicted molar refractivity (Wildman–Crippen MR) is 153 cm³/mol. The van der Waals surface area contributed by atoms with Crippen molar-refractivity contribution in [3.63, 3.8) is 0 Å². The normalized spacial score (nSPS) is 12.3. The third-order valence-corrected chi connectivity index (χ3v) is 6.96. The first kappa shape index (κ1) is 31.4. The van der Waals surface area contributed by atoms with E-state index in [1.807, 2.05) is 17.6 Å². The Hall–Kier alpha value is -1.85. The molecule has 0 spiro atoms. The monoisotopic (exact) mass is 648 g/mol. The Balaban J connectivity index is 2.52. The molecule has 206 valence electrons. The standard InChI is InChI=1S/C27H38ClIN2O6/c1-7-9-12-37-21-17-31(16-19(23(21)32)26(33)35-8-2)22(27(3,4)5)15-18-14-20(24(28)30-25(18)29)36-13-10-11-34-6/h14,16-17,22H,7-13,15H2,1-6H3/t22-/m0/s1. The quantitative estimate of drug-likeness (QED) is 0.106. The van der Waals surface area contributed by atoms with Crippen molar-refractivity contribution < 1.29 is 23.7 Å². The third kappa shape index (κ3) is 9.14. The lowest BCUT2D eigenvalue weighted by Crippen LogP contribution is -2.30. The van der Waals surface area contributed by atoms with Crippen molar-refractivity contribution in [3.05, 3.63) is 48.7 Å². The second kappa shape index (κ2) is 14.9. The van der Waals surface area contributed by atoms with Gasteiger partial charge in [-0.15, -0.1) is 0 Å².